The zero-order valence-electron chi connectivity index (χ0n) is 29.0. The molecule has 7 nitrogen and oxygen atoms in total. The maximum Gasteiger partial charge on any atom is 0.234 e. The Bertz CT molecular complexity index is 2340. The first-order valence-electron chi connectivity index (χ1n) is 17.1. The van der Waals surface area contributed by atoms with Crippen LogP contribution in [0.1, 0.15) is 29.4 Å². The molecule has 4 aromatic heterocycles. The summed E-state index contributed by atoms with van der Waals surface area (Å²) < 4.78 is 38.4. The molecule has 1 atom stereocenters. The molecule has 0 aliphatic rings. The molecule has 7 heteroatoms. The zero-order valence-corrected chi connectivity index (χ0v) is 26.0. The molecule has 0 saturated heterocycles. The van der Waals surface area contributed by atoms with Crippen LogP contribution in [-0.2, 0) is 0 Å². The molecule has 0 spiro atoms. The molecule has 48 heavy (non-hydrogen) atoms. The van der Waals surface area contributed by atoms with E-state index in [0.29, 0.717) is 34.5 Å². The van der Waals surface area contributed by atoms with Crippen molar-refractivity contribution in [1.29, 1.82) is 0 Å². The fourth-order valence-electron chi connectivity index (χ4n) is 5.77. The van der Waals surface area contributed by atoms with E-state index >= 15 is 0 Å². The first-order valence-corrected chi connectivity index (χ1v) is 15.6. The Morgan fingerprint density at radius 3 is 1.56 bits per heavy atom. The van der Waals surface area contributed by atoms with Gasteiger partial charge >= 0.3 is 0 Å². The van der Waals surface area contributed by atoms with E-state index < -0.39 is 12.8 Å². The van der Waals surface area contributed by atoms with E-state index in [2.05, 4.69) is 19.9 Å². The lowest BCUT2D eigenvalue weighted by Gasteiger charge is -2.11. The number of ether oxygens (including phenoxy) is 2. The molecule has 0 saturated carbocycles. The van der Waals surface area contributed by atoms with Crippen LogP contribution < -0.4 is 9.47 Å². The number of nitrogens with zero attached hydrogens (tertiary/aromatic N) is 5. The van der Waals surface area contributed by atoms with E-state index in [9.17, 15) is 0 Å². The van der Waals surface area contributed by atoms with Gasteiger partial charge in [-0.15, -0.1) is 0 Å². The predicted molar refractivity (Wildman–Crippen MR) is 190 cm³/mol. The normalized spacial score (nSPS) is 13.1. The molecule has 4 aromatic carbocycles. The van der Waals surface area contributed by atoms with Crippen LogP contribution in [0.5, 0.6) is 23.0 Å². The molecule has 8 aromatic rings. The van der Waals surface area contributed by atoms with Gasteiger partial charge in [-0.1, -0.05) is 50.2 Å². The second-order valence-electron chi connectivity index (χ2n) is 11.4. The van der Waals surface area contributed by atoms with Crippen LogP contribution in [0.2, 0.25) is 0 Å². The molecular formula is C41H31N5O2. The van der Waals surface area contributed by atoms with Gasteiger partial charge in [0.15, 0.2) is 0 Å². The highest BCUT2D eigenvalue weighted by Gasteiger charge is 2.17. The lowest BCUT2D eigenvalue weighted by Crippen LogP contribution is -2.02. The summed E-state index contributed by atoms with van der Waals surface area (Å²) in [5.74, 6) is 2.26. The number of rotatable bonds is 8. The quantitative estimate of drug-likeness (QED) is 0.167. The fourth-order valence-corrected chi connectivity index (χ4v) is 5.77. The molecule has 1 unspecified atom stereocenters. The van der Waals surface area contributed by atoms with Crippen LogP contribution in [0.15, 0.2) is 146 Å². The Labute approximate surface area is 282 Å². The Morgan fingerprint density at radius 1 is 0.562 bits per heavy atom. The zero-order chi connectivity index (χ0) is 35.0. The highest BCUT2D eigenvalue weighted by atomic mass is 16.5. The van der Waals surface area contributed by atoms with Crippen LogP contribution in [0.3, 0.4) is 0 Å². The average Bonchev–Trinajstić information content (AvgIpc) is 3.48. The predicted octanol–water partition coefficient (Wildman–Crippen LogP) is 10.4. The molecule has 0 aliphatic carbocycles. The van der Waals surface area contributed by atoms with Crippen LogP contribution >= 0.6 is 0 Å². The number of aromatic nitrogens is 5. The standard InChI is InChI=1S/C41H31N5O2/c1-27(2)30-25-44-41(45-26-30)46-39-23-33(47-31-11-7-9-28(21-31)37-13-3-5-19-42-37)15-17-35(39)36-18-16-34(24-40(36)46)48-32-12-8-10-29(22-32)38-14-4-6-20-43-38/h3-27H,1-2H3/i1D3. The van der Waals surface area contributed by atoms with Gasteiger partial charge in [-0.2, -0.15) is 0 Å². The smallest absolute Gasteiger partial charge is 0.234 e. The lowest BCUT2D eigenvalue weighted by atomic mass is 10.1. The van der Waals surface area contributed by atoms with Gasteiger partial charge in [0, 0.05) is 62.9 Å². The van der Waals surface area contributed by atoms with Crippen molar-refractivity contribution in [2.24, 2.45) is 0 Å². The second kappa shape index (κ2) is 12.5. The van der Waals surface area contributed by atoms with E-state index in [-0.39, 0.29) is 0 Å². The summed E-state index contributed by atoms with van der Waals surface area (Å²) in [6.45, 7) is -0.511. The molecule has 8 rings (SSSR count). The number of hydrogen-bond acceptors (Lipinski definition) is 6. The van der Waals surface area contributed by atoms with Crippen LogP contribution in [-0.4, -0.2) is 24.5 Å². The third kappa shape index (κ3) is 5.74. The van der Waals surface area contributed by atoms with E-state index in [0.717, 1.165) is 44.3 Å². The molecule has 0 aliphatic heterocycles. The molecule has 4 heterocycles. The summed E-state index contributed by atoms with van der Waals surface area (Å²) in [7, 11) is 0. The minimum absolute atomic E-state index is 0.389. The van der Waals surface area contributed by atoms with Gasteiger partial charge < -0.3 is 9.47 Å². The van der Waals surface area contributed by atoms with Crippen molar-refractivity contribution in [2.45, 2.75) is 19.7 Å². The summed E-state index contributed by atoms with van der Waals surface area (Å²) in [5.41, 5.74) is 5.76. The summed E-state index contributed by atoms with van der Waals surface area (Å²) in [5, 5.41) is 1.93. The van der Waals surface area contributed by atoms with E-state index in [1.165, 1.54) is 0 Å². The number of hydrogen-bond donors (Lipinski definition) is 0. The number of pyridine rings is 2. The summed E-state index contributed by atoms with van der Waals surface area (Å²) in [6.07, 6.45) is 6.71. The van der Waals surface area contributed by atoms with Gasteiger partial charge in [0.25, 0.3) is 0 Å². The molecule has 0 fully saturated rings. The van der Waals surface area contributed by atoms with Gasteiger partial charge in [0.1, 0.15) is 23.0 Å². The van der Waals surface area contributed by atoms with E-state index in [1.807, 2.05) is 126 Å². The van der Waals surface area contributed by atoms with Crippen molar-refractivity contribution in [3.05, 3.63) is 152 Å². The third-order valence-corrected chi connectivity index (χ3v) is 8.13. The largest absolute Gasteiger partial charge is 0.457 e. The first kappa shape index (κ1) is 25.8. The van der Waals surface area contributed by atoms with Crippen molar-refractivity contribution in [1.82, 2.24) is 24.5 Å². The molecule has 0 bridgehead atoms. The Morgan fingerprint density at radius 2 is 1.08 bits per heavy atom. The van der Waals surface area contributed by atoms with Gasteiger partial charge in [-0.25, -0.2) is 9.97 Å². The van der Waals surface area contributed by atoms with Gasteiger partial charge in [-0.05, 0) is 84.3 Å². The SMILES string of the molecule is [2H]C([2H])([2H])C(C)c1cnc(-n2c3cc(Oc4cccc(-c5ccccn5)c4)ccc3c3ccc(Oc4cccc(-c5ccccn5)c4)cc32)nc1. The maximum atomic E-state index is 7.88. The lowest BCUT2D eigenvalue weighted by molar-refractivity contribution is 0.483. The molecule has 0 radical (unpaired) electrons. The summed E-state index contributed by atoms with van der Waals surface area (Å²) in [6, 6.07) is 39.1. The van der Waals surface area contributed by atoms with Crippen molar-refractivity contribution in [3.63, 3.8) is 0 Å². The molecule has 232 valence electrons. The van der Waals surface area contributed by atoms with E-state index in [4.69, 9.17) is 13.6 Å². The first-order chi connectivity index (χ1) is 24.8. The van der Waals surface area contributed by atoms with Crippen molar-refractivity contribution in [2.75, 3.05) is 0 Å². The van der Waals surface area contributed by atoms with Crippen molar-refractivity contribution < 1.29 is 13.6 Å². The maximum absolute atomic E-state index is 7.88. The van der Waals surface area contributed by atoms with Gasteiger partial charge in [0.2, 0.25) is 5.95 Å². The molecule has 0 N–H and O–H groups in total. The average molecular weight is 629 g/mol. The Hall–Kier alpha value is -6.34. The highest BCUT2D eigenvalue weighted by Crippen LogP contribution is 2.38. The van der Waals surface area contributed by atoms with Crippen molar-refractivity contribution in [3.8, 4) is 51.5 Å². The monoisotopic (exact) mass is 628 g/mol. The number of benzene rings is 4. The van der Waals surface area contributed by atoms with Gasteiger partial charge in [-0.3, -0.25) is 14.5 Å². The Balaban J connectivity index is 1.21. The van der Waals surface area contributed by atoms with Crippen LogP contribution in [0.25, 0.3) is 50.3 Å². The Kier molecular flexibility index (Phi) is 6.70. The molecule has 0 amide bonds. The topological polar surface area (TPSA) is 75.0 Å². The minimum Gasteiger partial charge on any atom is -0.457 e. The molecular weight excluding hydrogens is 594 g/mol. The van der Waals surface area contributed by atoms with Crippen molar-refractivity contribution >= 4 is 21.8 Å². The fraction of sp³-hybridized carbons (Fsp3) is 0.0732. The summed E-state index contributed by atoms with van der Waals surface area (Å²) in [4.78, 5) is 18.3. The third-order valence-electron chi connectivity index (χ3n) is 8.13. The second-order valence-corrected chi connectivity index (χ2v) is 11.4. The summed E-state index contributed by atoms with van der Waals surface area (Å²) >= 11 is 0. The van der Waals surface area contributed by atoms with Crippen LogP contribution in [0, 0.1) is 0 Å². The highest BCUT2D eigenvalue weighted by molar-refractivity contribution is 6.09. The van der Waals surface area contributed by atoms with E-state index in [1.54, 1.807) is 31.7 Å². The number of fused-ring (bicyclic) bond motifs is 3. The minimum atomic E-state index is -2.17. The van der Waals surface area contributed by atoms with Gasteiger partial charge in [0.05, 0.1) is 22.4 Å². The van der Waals surface area contributed by atoms with Crippen LogP contribution in [0.4, 0.5) is 0 Å².